The predicted molar refractivity (Wildman–Crippen MR) is 78.7 cm³/mol. The minimum Gasteiger partial charge on any atom is -0.508 e. The van der Waals surface area contributed by atoms with E-state index in [-0.39, 0.29) is 5.75 Å². The Labute approximate surface area is 116 Å². The Hall–Kier alpha value is -2.56. The zero-order valence-corrected chi connectivity index (χ0v) is 11.5. The molecule has 0 amide bonds. The fraction of sp³-hybridized carbons (Fsp3) is 0.200. The number of phenolic OH excluding ortho intramolecular Hbond substituents is 1. The number of nitrogens with zero attached hydrogens (tertiary/aromatic N) is 3. The lowest BCUT2D eigenvalue weighted by Crippen LogP contribution is -2.00. The molecular formula is C15H16N4O. The second-order valence-electron chi connectivity index (χ2n) is 4.83. The Morgan fingerprint density at radius 1 is 1.30 bits per heavy atom. The van der Waals surface area contributed by atoms with Crippen LogP contribution in [0.1, 0.15) is 11.3 Å². The van der Waals surface area contributed by atoms with E-state index in [1.54, 1.807) is 16.8 Å². The summed E-state index contributed by atoms with van der Waals surface area (Å²) in [6.07, 6.45) is 1.85. The molecule has 3 aromatic rings. The highest BCUT2D eigenvalue weighted by atomic mass is 16.3. The number of nitrogens with one attached hydrogen (secondary N) is 1. The topological polar surface area (TPSA) is 63.0 Å². The summed E-state index contributed by atoms with van der Waals surface area (Å²) in [5.74, 6) is 0.256. The van der Waals surface area contributed by atoms with Crippen LogP contribution in [0.4, 0.5) is 5.69 Å². The average molecular weight is 268 g/mol. The smallest absolute Gasteiger partial charge is 0.157 e. The number of hydrogen-bond donors (Lipinski definition) is 2. The molecule has 0 atom stereocenters. The SMILES string of the molecule is Cc1nn(C)c2ncc(CNc3cccc(O)c3)cc12. The number of aromatic hydroxyl groups is 1. The molecule has 3 rings (SSSR count). The number of benzene rings is 1. The summed E-state index contributed by atoms with van der Waals surface area (Å²) in [6.45, 7) is 2.64. The maximum atomic E-state index is 9.43. The fourth-order valence-corrected chi connectivity index (χ4v) is 2.27. The summed E-state index contributed by atoms with van der Waals surface area (Å²) in [4.78, 5) is 4.44. The van der Waals surface area contributed by atoms with E-state index in [2.05, 4.69) is 21.5 Å². The highest BCUT2D eigenvalue weighted by Gasteiger charge is 2.06. The molecule has 1 aromatic carbocycles. The number of phenols is 1. The summed E-state index contributed by atoms with van der Waals surface area (Å²) in [5.41, 5.74) is 3.84. The van der Waals surface area contributed by atoms with Crippen LogP contribution in [0.5, 0.6) is 5.75 Å². The molecule has 0 aliphatic heterocycles. The first-order valence-electron chi connectivity index (χ1n) is 6.44. The monoisotopic (exact) mass is 268 g/mol. The van der Waals surface area contributed by atoms with Gasteiger partial charge in [-0.1, -0.05) is 6.07 Å². The molecule has 102 valence electrons. The second kappa shape index (κ2) is 4.85. The summed E-state index contributed by atoms with van der Waals surface area (Å²) in [7, 11) is 1.90. The molecule has 0 spiro atoms. The van der Waals surface area contributed by atoms with Crippen LogP contribution in [0, 0.1) is 6.92 Å². The summed E-state index contributed by atoms with van der Waals surface area (Å²) in [6, 6.07) is 9.17. The van der Waals surface area contributed by atoms with E-state index >= 15 is 0 Å². The van der Waals surface area contributed by atoms with E-state index < -0.39 is 0 Å². The zero-order chi connectivity index (χ0) is 14.1. The van der Waals surface area contributed by atoms with Crippen LogP contribution in [-0.4, -0.2) is 19.9 Å². The van der Waals surface area contributed by atoms with Crippen LogP contribution in [0.25, 0.3) is 11.0 Å². The molecule has 0 unspecified atom stereocenters. The molecule has 0 aliphatic rings. The van der Waals surface area contributed by atoms with Crippen molar-refractivity contribution in [3.63, 3.8) is 0 Å². The van der Waals surface area contributed by atoms with Crippen LogP contribution in [-0.2, 0) is 13.6 Å². The number of pyridine rings is 1. The molecule has 0 saturated heterocycles. The van der Waals surface area contributed by atoms with Crippen LogP contribution >= 0.6 is 0 Å². The maximum absolute atomic E-state index is 9.43. The van der Waals surface area contributed by atoms with Gasteiger partial charge in [0, 0.05) is 36.9 Å². The fourth-order valence-electron chi connectivity index (χ4n) is 2.27. The lowest BCUT2D eigenvalue weighted by Gasteiger charge is -2.07. The van der Waals surface area contributed by atoms with Gasteiger partial charge in [0.05, 0.1) is 5.69 Å². The van der Waals surface area contributed by atoms with Crippen LogP contribution in [0.15, 0.2) is 36.5 Å². The molecule has 0 aliphatic carbocycles. The number of aromatic nitrogens is 3. The minimum absolute atomic E-state index is 0.256. The van der Waals surface area contributed by atoms with Crippen molar-refractivity contribution in [2.75, 3.05) is 5.32 Å². The second-order valence-corrected chi connectivity index (χ2v) is 4.83. The molecule has 5 nitrogen and oxygen atoms in total. The van der Waals surface area contributed by atoms with Crippen molar-refractivity contribution in [1.29, 1.82) is 0 Å². The molecular weight excluding hydrogens is 252 g/mol. The first-order chi connectivity index (χ1) is 9.63. The number of aryl methyl sites for hydroxylation is 2. The normalized spacial score (nSPS) is 10.9. The Bertz CT molecular complexity index is 764. The van der Waals surface area contributed by atoms with Crippen LogP contribution < -0.4 is 5.32 Å². The third-order valence-corrected chi connectivity index (χ3v) is 3.26. The van der Waals surface area contributed by atoms with Crippen molar-refractivity contribution < 1.29 is 5.11 Å². The van der Waals surface area contributed by atoms with Crippen molar-refractivity contribution in [3.05, 3.63) is 47.8 Å². The van der Waals surface area contributed by atoms with Crippen molar-refractivity contribution >= 4 is 16.7 Å². The molecule has 0 fully saturated rings. The summed E-state index contributed by atoms with van der Waals surface area (Å²) in [5, 5.41) is 18.1. The summed E-state index contributed by atoms with van der Waals surface area (Å²) >= 11 is 0. The van der Waals surface area contributed by atoms with Gasteiger partial charge in [0.1, 0.15) is 5.75 Å². The Morgan fingerprint density at radius 3 is 2.95 bits per heavy atom. The van der Waals surface area contributed by atoms with Gasteiger partial charge in [-0.15, -0.1) is 0 Å². The predicted octanol–water partition coefficient (Wildman–Crippen LogP) is 2.59. The number of rotatable bonds is 3. The first-order valence-corrected chi connectivity index (χ1v) is 6.44. The van der Waals surface area contributed by atoms with Gasteiger partial charge in [-0.3, -0.25) is 4.68 Å². The van der Waals surface area contributed by atoms with Crippen molar-refractivity contribution in [1.82, 2.24) is 14.8 Å². The van der Waals surface area contributed by atoms with E-state index in [4.69, 9.17) is 0 Å². The molecule has 0 bridgehead atoms. The quantitative estimate of drug-likeness (QED) is 0.766. The van der Waals surface area contributed by atoms with E-state index in [1.807, 2.05) is 32.3 Å². The standard InChI is InChI=1S/C15H16N4O/c1-10-14-6-11(9-17-15(14)19(2)18-10)8-16-12-4-3-5-13(20)7-12/h3-7,9,16,20H,8H2,1-2H3. The number of hydrogen-bond acceptors (Lipinski definition) is 4. The van der Waals surface area contributed by atoms with Gasteiger partial charge in [-0.05, 0) is 30.7 Å². The van der Waals surface area contributed by atoms with Gasteiger partial charge in [0.25, 0.3) is 0 Å². The molecule has 2 N–H and O–H groups in total. The van der Waals surface area contributed by atoms with Gasteiger partial charge >= 0.3 is 0 Å². The zero-order valence-electron chi connectivity index (χ0n) is 11.5. The summed E-state index contributed by atoms with van der Waals surface area (Å²) < 4.78 is 1.79. The average Bonchev–Trinajstić information content (AvgIpc) is 2.72. The van der Waals surface area contributed by atoms with E-state index in [0.717, 1.165) is 28.0 Å². The first kappa shape index (κ1) is 12.5. The lowest BCUT2D eigenvalue weighted by atomic mass is 10.2. The van der Waals surface area contributed by atoms with Gasteiger partial charge < -0.3 is 10.4 Å². The number of anilines is 1. The van der Waals surface area contributed by atoms with Crippen LogP contribution in [0.2, 0.25) is 0 Å². The molecule has 2 heterocycles. The van der Waals surface area contributed by atoms with Crippen LogP contribution in [0.3, 0.4) is 0 Å². The highest BCUT2D eigenvalue weighted by Crippen LogP contribution is 2.19. The Morgan fingerprint density at radius 2 is 2.15 bits per heavy atom. The Kier molecular flexibility index (Phi) is 3.02. The molecule has 20 heavy (non-hydrogen) atoms. The largest absolute Gasteiger partial charge is 0.508 e. The molecule has 0 saturated carbocycles. The number of fused-ring (bicyclic) bond motifs is 1. The lowest BCUT2D eigenvalue weighted by molar-refractivity contribution is 0.475. The maximum Gasteiger partial charge on any atom is 0.157 e. The van der Waals surface area contributed by atoms with Crippen molar-refractivity contribution in [2.24, 2.45) is 7.05 Å². The van der Waals surface area contributed by atoms with Gasteiger partial charge in [0.2, 0.25) is 0 Å². The molecule has 0 radical (unpaired) electrons. The van der Waals surface area contributed by atoms with Crippen molar-refractivity contribution in [3.8, 4) is 5.75 Å². The van der Waals surface area contributed by atoms with Crippen molar-refractivity contribution in [2.45, 2.75) is 13.5 Å². The minimum atomic E-state index is 0.256. The third kappa shape index (κ3) is 2.30. The Balaban J connectivity index is 1.83. The van der Waals surface area contributed by atoms with Gasteiger partial charge in [-0.25, -0.2) is 4.98 Å². The third-order valence-electron chi connectivity index (χ3n) is 3.26. The highest BCUT2D eigenvalue weighted by molar-refractivity contribution is 5.78. The van der Waals surface area contributed by atoms with Gasteiger partial charge in [-0.2, -0.15) is 5.10 Å². The van der Waals surface area contributed by atoms with E-state index in [0.29, 0.717) is 6.54 Å². The molecule has 5 heteroatoms. The van der Waals surface area contributed by atoms with E-state index in [9.17, 15) is 5.11 Å². The van der Waals surface area contributed by atoms with E-state index in [1.165, 1.54) is 0 Å². The molecule has 2 aromatic heterocycles. The van der Waals surface area contributed by atoms with Gasteiger partial charge in [0.15, 0.2) is 5.65 Å².